The molecule has 1 atom stereocenters. The van der Waals surface area contributed by atoms with E-state index in [1.807, 2.05) is 0 Å². The predicted molar refractivity (Wildman–Crippen MR) is 92.9 cm³/mol. The molecule has 21 heavy (non-hydrogen) atoms. The Hall–Kier alpha value is -0.580. The second-order valence-corrected chi connectivity index (χ2v) is 6.91. The van der Waals surface area contributed by atoms with Crippen molar-refractivity contribution < 1.29 is 5.11 Å². The van der Waals surface area contributed by atoms with E-state index in [4.69, 9.17) is 0 Å². The normalized spacial score (nSPS) is 18.0. The van der Waals surface area contributed by atoms with Gasteiger partial charge in [-0.15, -0.1) is 0 Å². The lowest BCUT2D eigenvalue weighted by Crippen LogP contribution is -2.36. The molecule has 1 aliphatic heterocycles. The summed E-state index contributed by atoms with van der Waals surface area (Å²) in [7, 11) is 0. The van der Waals surface area contributed by atoms with Gasteiger partial charge in [0.2, 0.25) is 0 Å². The van der Waals surface area contributed by atoms with Crippen LogP contribution in [-0.2, 0) is 0 Å². The fourth-order valence-corrected chi connectivity index (χ4v) is 3.37. The molecule has 118 valence electrons. The molecule has 0 radical (unpaired) electrons. The van der Waals surface area contributed by atoms with Gasteiger partial charge in [0.05, 0.1) is 0 Å². The molecule has 1 fully saturated rings. The number of aliphatic hydroxyl groups is 1. The predicted octanol–water partition coefficient (Wildman–Crippen LogP) is 3.72. The van der Waals surface area contributed by atoms with Gasteiger partial charge in [-0.2, -0.15) is 0 Å². The van der Waals surface area contributed by atoms with Crippen LogP contribution in [0.25, 0.3) is 0 Å². The molecular weight excluding hydrogens is 328 g/mol. The third-order valence-electron chi connectivity index (χ3n) is 4.37. The van der Waals surface area contributed by atoms with Crippen LogP contribution in [0.4, 0.5) is 5.69 Å². The molecule has 0 spiro atoms. The number of anilines is 1. The van der Waals surface area contributed by atoms with E-state index >= 15 is 0 Å². The number of aliphatic hydroxyl groups excluding tert-OH is 1. The summed E-state index contributed by atoms with van der Waals surface area (Å²) in [6.07, 6.45) is 3.32. The van der Waals surface area contributed by atoms with Crippen molar-refractivity contribution in [2.75, 3.05) is 31.1 Å². The minimum Gasteiger partial charge on any atom is -0.396 e. The van der Waals surface area contributed by atoms with E-state index in [9.17, 15) is 5.11 Å². The molecule has 1 unspecified atom stereocenters. The fraction of sp³-hybridized carbons (Fsp3) is 0.647. The molecule has 0 aromatic heterocycles. The van der Waals surface area contributed by atoms with Crippen LogP contribution in [0.2, 0.25) is 0 Å². The van der Waals surface area contributed by atoms with E-state index in [1.165, 1.54) is 11.3 Å². The third-order valence-corrected chi connectivity index (χ3v) is 4.86. The van der Waals surface area contributed by atoms with Crippen LogP contribution >= 0.6 is 15.9 Å². The van der Waals surface area contributed by atoms with Crippen LogP contribution in [0, 0.1) is 5.92 Å². The maximum atomic E-state index is 9.29. The average molecular weight is 355 g/mol. The van der Waals surface area contributed by atoms with Crippen molar-refractivity contribution in [1.82, 2.24) is 5.32 Å². The number of hydrogen-bond donors (Lipinski definition) is 2. The van der Waals surface area contributed by atoms with Crippen LogP contribution in [0.1, 0.15) is 44.7 Å². The molecule has 3 nitrogen and oxygen atoms in total. The van der Waals surface area contributed by atoms with Crippen molar-refractivity contribution in [3.8, 4) is 0 Å². The molecular formula is C17H27BrN2O. The second kappa shape index (κ2) is 8.16. The van der Waals surface area contributed by atoms with Gasteiger partial charge < -0.3 is 15.3 Å². The van der Waals surface area contributed by atoms with E-state index in [-0.39, 0.29) is 0 Å². The summed E-state index contributed by atoms with van der Waals surface area (Å²) in [5.41, 5.74) is 2.70. The summed E-state index contributed by atoms with van der Waals surface area (Å²) in [6, 6.07) is 6.95. The lowest BCUT2D eigenvalue weighted by atomic mass is 9.96. The number of nitrogens with one attached hydrogen (secondary N) is 1. The lowest BCUT2D eigenvalue weighted by molar-refractivity contribution is 0.203. The molecule has 4 heteroatoms. The van der Waals surface area contributed by atoms with Crippen molar-refractivity contribution in [3.05, 3.63) is 28.2 Å². The van der Waals surface area contributed by atoms with Gasteiger partial charge in [0.15, 0.2) is 0 Å². The number of hydrogen-bond acceptors (Lipinski definition) is 3. The lowest BCUT2D eigenvalue weighted by Gasteiger charge is -2.35. The van der Waals surface area contributed by atoms with Gasteiger partial charge in [-0.05, 0) is 62.4 Å². The third kappa shape index (κ3) is 4.44. The molecule has 2 N–H and O–H groups in total. The summed E-state index contributed by atoms with van der Waals surface area (Å²) in [5, 5.41) is 12.9. The molecule has 0 bridgehead atoms. The van der Waals surface area contributed by atoms with Crippen LogP contribution < -0.4 is 10.2 Å². The van der Waals surface area contributed by atoms with E-state index in [1.54, 1.807) is 0 Å². The second-order valence-electron chi connectivity index (χ2n) is 5.99. The zero-order chi connectivity index (χ0) is 15.2. The molecule has 0 aliphatic carbocycles. The first-order chi connectivity index (χ1) is 10.2. The molecule has 1 aromatic rings. The maximum Gasteiger partial charge on any atom is 0.0460 e. The number of nitrogens with zero attached hydrogens (tertiary/aromatic N) is 1. The highest BCUT2D eigenvalue weighted by molar-refractivity contribution is 9.10. The summed E-state index contributed by atoms with van der Waals surface area (Å²) < 4.78 is 1.14. The Bertz CT molecular complexity index is 444. The Morgan fingerprint density at radius 3 is 2.71 bits per heavy atom. The minimum absolute atomic E-state index is 0.329. The summed E-state index contributed by atoms with van der Waals surface area (Å²) in [5.74, 6) is 0.482. The quantitative estimate of drug-likeness (QED) is 0.817. The number of piperidine rings is 1. The first kappa shape index (κ1) is 16.8. The van der Waals surface area contributed by atoms with Crippen molar-refractivity contribution in [2.45, 2.75) is 39.2 Å². The van der Waals surface area contributed by atoms with E-state index in [2.05, 4.69) is 58.2 Å². The first-order valence-electron chi connectivity index (χ1n) is 8.04. The van der Waals surface area contributed by atoms with Crippen molar-refractivity contribution in [1.29, 1.82) is 0 Å². The molecule has 2 rings (SSSR count). The molecule has 0 saturated carbocycles. The van der Waals surface area contributed by atoms with Crippen LogP contribution in [0.15, 0.2) is 22.7 Å². The SMILES string of the molecule is CCCNC(C)c1cc(Br)ccc1N1CCC(CO)CC1. The first-order valence-corrected chi connectivity index (χ1v) is 8.83. The largest absolute Gasteiger partial charge is 0.396 e. The van der Waals surface area contributed by atoms with Gasteiger partial charge in [0, 0.05) is 35.9 Å². The maximum absolute atomic E-state index is 9.29. The Labute approximate surface area is 136 Å². The topological polar surface area (TPSA) is 35.5 Å². The highest BCUT2D eigenvalue weighted by Crippen LogP contribution is 2.32. The van der Waals surface area contributed by atoms with E-state index in [0.29, 0.717) is 18.6 Å². The van der Waals surface area contributed by atoms with Crippen LogP contribution in [-0.4, -0.2) is 31.3 Å². The standard InChI is InChI=1S/C17H27BrN2O/c1-3-8-19-13(2)16-11-15(18)4-5-17(16)20-9-6-14(12-21)7-10-20/h4-5,11,13-14,19,21H,3,6-10,12H2,1-2H3. The van der Waals surface area contributed by atoms with Crippen LogP contribution in [0.3, 0.4) is 0 Å². The Morgan fingerprint density at radius 1 is 1.38 bits per heavy atom. The van der Waals surface area contributed by atoms with Gasteiger partial charge in [-0.1, -0.05) is 22.9 Å². The summed E-state index contributed by atoms with van der Waals surface area (Å²) >= 11 is 3.60. The van der Waals surface area contributed by atoms with Crippen molar-refractivity contribution in [3.63, 3.8) is 0 Å². The molecule has 1 saturated heterocycles. The smallest absolute Gasteiger partial charge is 0.0460 e. The van der Waals surface area contributed by atoms with Gasteiger partial charge in [-0.3, -0.25) is 0 Å². The number of rotatable bonds is 6. The Balaban J connectivity index is 2.15. The van der Waals surface area contributed by atoms with Crippen LogP contribution in [0.5, 0.6) is 0 Å². The minimum atomic E-state index is 0.329. The van der Waals surface area contributed by atoms with Gasteiger partial charge >= 0.3 is 0 Å². The van der Waals surface area contributed by atoms with E-state index in [0.717, 1.165) is 43.4 Å². The molecule has 1 aromatic carbocycles. The fourth-order valence-electron chi connectivity index (χ4n) is 2.99. The summed E-state index contributed by atoms with van der Waals surface area (Å²) in [6.45, 7) is 7.89. The number of benzene rings is 1. The molecule has 0 amide bonds. The number of halogens is 1. The van der Waals surface area contributed by atoms with Gasteiger partial charge in [0.1, 0.15) is 0 Å². The average Bonchev–Trinajstić information content (AvgIpc) is 2.52. The monoisotopic (exact) mass is 354 g/mol. The molecule has 1 heterocycles. The molecule has 1 aliphatic rings. The highest BCUT2D eigenvalue weighted by Gasteiger charge is 2.22. The Kier molecular flexibility index (Phi) is 6.52. The van der Waals surface area contributed by atoms with Crippen molar-refractivity contribution >= 4 is 21.6 Å². The Morgan fingerprint density at radius 2 is 2.10 bits per heavy atom. The van der Waals surface area contributed by atoms with Gasteiger partial charge in [0.25, 0.3) is 0 Å². The van der Waals surface area contributed by atoms with Crippen molar-refractivity contribution in [2.24, 2.45) is 5.92 Å². The van der Waals surface area contributed by atoms with E-state index < -0.39 is 0 Å². The van der Waals surface area contributed by atoms with Gasteiger partial charge in [-0.25, -0.2) is 0 Å². The zero-order valence-electron chi connectivity index (χ0n) is 13.1. The highest BCUT2D eigenvalue weighted by atomic mass is 79.9. The zero-order valence-corrected chi connectivity index (χ0v) is 14.7. The summed E-state index contributed by atoms with van der Waals surface area (Å²) in [4.78, 5) is 2.47.